The van der Waals surface area contributed by atoms with Crippen LogP contribution in [0.3, 0.4) is 0 Å². The van der Waals surface area contributed by atoms with Gasteiger partial charge in [-0.3, -0.25) is 9.59 Å². The van der Waals surface area contributed by atoms with Gasteiger partial charge < -0.3 is 9.47 Å². The summed E-state index contributed by atoms with van der Waals surface area (Å²) in [6, 6.07) is 2.53. The molecular weight excluding hydrogens is 288 g/mol. The van der Waals surface area contributed by atoms with E-state index in [1.54, 1.807) is 0 Å². The van der Waals surface area contributed by atoms with Crippen LogP contribution >= 0.6 is 0 Å². The standard InChI is InChI=1S/C14H20N4O4/c1-21-13(19)7-3-5-11(9-15)17-18-12(10-16)6-4-8-14(20)22-2/h11-12H,3-8H2,1-2H3. The molecule has 0 aliphatic heterocycles. The molecule has 0 N–H and O–H groups in total. The molecule has 120 valence electrons. The summed E-state index contributed by atoms with van der Waals surface area (Å²) >= 11 is 0. The van der Waals surface area contributed by atoms with Crippen LogP contribution in [0.2, 0.25) is 0 Å². The number of esters is 2. The second-order valence-electron chi connectivity index (χ2n) is 4.46. The lowest BCUT2D eigenvalue weighted by Gasteiger charge is -2.05. The summed E-state index contributed by atoms with van der Waals surface area (Å²) in [5.74, 6) is -0.683. The first-order valence-corrected chi connectivity index (χ1v) is 6.90. The van der Waals surface area contributed by atoms with E-state index >= 15 is 0 Å². The molecule has 0 aliphatic rings. The molecule has 0 aromatic heterocycles. The van der Waals surface area contributed by atoms with Crippen molar-refractivity contribution in [3.8, 4) is 12.1 Å². The van der Waals surface area contributed by atoms with Crippen molar-refractivity contribution in [1.29, 1.82) is 10.5 Å². The highest BCUT2D eigenvalue weighted by molar-refractivity contribution is 5.69. The number of methoxy groups -OCH3 is 2. The summed E-state index contributed by atoms with van der Waals surface area (Å²) in [6.45, 7) is 0. The monoisotopic (exact) mass is 308 g/mol. The minimum atomic E-state index is -0.693. The second kappa shape index (κ2) is 12.3. The van der Waals surface area contributed by atoms with Crippen molar-refractivity contribution in [3.05, 3.63) is 0 Å². The van der Waals surface area contributed by atoms with E-state index in [2.05, 4.69) is 19.7 Å². The first-order valence-electron chi connectivity index (χ1n) is 6.90. The van der Waals surface area contributed by atoms with Crippen LogP contribution in [-0.4, -0.2) is 38.2 Å². The number of hydrogen-bond donors (Lipinski definition) is 0. The van der Waals surface area contributed by atoms with Crippen molar-refractivity contribution >= 4 is 11.9 Å². The van der Waals surface area contributed by atoms with Crippen molar-refractivity contribution in [2.45, 2.75) is 50.6 Å². The molecule has 0 spiro atoms. The molecule has 0 aromatic rings. The number of ether oxygens (including phenoxy) is 2. The fraction of sp³-hybridized carbons (Fsp3) is 0.714. The summed E-state index contributed by atoms with van der Waals surface area (Å²) in [5.41, 5.74) is 0. The summed E-state index contributed by atoms with van der Waals surface area (Å²) in [5, 5.41) is 25.6. The topological polar surface area (TPSA) is 125 Å². The number of nitriles is 2. The molecule has 0 aliphatic carbocycles. The average Bonchev–Trinajstić information content (AvgIpc) is 2.55. The molecule has 2 atom stereocenters. The van der Waals surface area contributed by atoms with E-state index in [9.17, 15) is 9.59 Å². The Hall–Kier alpha value is -2.48. The molecule has 0 saturated carbocycles. The van der Waals surface area contributed by atoms with Crippen molar-refractivity contribution in [1.82, 2.24) is 0 Å². The van der Waals surface area contributed by atoms with Crippen molar-refractivity contribution in [3.63, 3.8) is 0 Å². The van der Waals surface area contributed by atoms with Crippen LogP contribution in [-0.2, 0) is 19.1 Å². The molecule has 0 aromatic carbocycles. The van der Waals surface area contributed by atoms with Crippen LogP contribution in [0.25, 0.3) is 0 Å². The lowest BCUT2D eigenvalue weighted by Crippen LogP contribution is -2.07. The molecule has 0 bridgehead atoms. The number of carbonyl (C=O) groups is 2. The number of hydrogen-bond acceptors (Lipinski definition) is 8. The van der Waals surface area contributed by atoms with Gasteiger partial charge in [0.25, 0.3) is 0 Å². The zero-order chi connectivity index (χ0) is 16.8. The Balaban J connectivity index is 4.19. The van der Waals surface area contributed by atoms with Crippen molar-refractivity contribution < 1.29 is 19.1 Å². The lowest BCUT2D eigenvalue weighted by atomic mass is 10.1. The maximum absolute atomic E-state index is 11.0. The Labute approximate surface area is 129 Å². The molecule has 8 nitrogen and oxygen atoms in total. The highest BCUT2D eigenvalue weighted by Gasteiger charge is 2.11. The van der Waals surface area contributed by atoms with Crippen LogP contribution < -0.4 is 0 Å². The van der Waals surface area contributed by atoms with Gasteiger partial charge in [0.15, 0.2) is 12.1 Å². The van der Waals surface area contributed by atoms with Gasteiger partial charge in [-0.1, -0.05) is 0 Å². The third kappa shape index (κ3) is 9.43. The molecule has 2 unspecified atom stereocenters. The van der Waals surface area contributed by atoms with Crippen LogP contribution in [0.4, 0.5) is 0 Å². The predicted molar refractivity (Wildman–Crippen MR) is 75.4 cm³/mol. The van der Waals surface area contributed by atoms with E-state index in [-0.39, 0.29) is 24.8 Å². The Kier molecular flexibility index (Phi) is 10.9. The van der Waals surface area contributed by atoms with Gasteiger partial charge in [-0.2, -0.15) is 20.8 Å². The third-order valence-corrected chi connectivity index (χ3v) is 2.82. The quantitative estimate of drug-likeness (QED) is 0.448. The maximum atomic E-state index is 11.0. The molecule has 8 heteroatoms. The van der Waals surface area contributed by atoms with Crippen LogP contribution in [0.1, 0.15) is 38.5 Å². The predicted octanol–water partition coefficient (Wildman–Crippen LogP) is 1.91. The van der Waals surface area contributed by atoms with E-state index in [1.165, 1.54) is 14.2 Å². The normalized spacial score (nSPS) is 12.9. The molecular formula is C14H20N4O4. The Morgan fingerprint density at radius 2 is 1.27 bits per heavy atom. The molecule has 0 saturated heterocycles. The van der Waals surface area contributed by atoms with E-state index in [1.807, 2.05) is 12.1 Å². The zero-order valence-electron chi connectivity index (χ0n) is 12.8. The summed E-state index contributed by atoms with van der Waals surface area (Å²) in [4.78, 5) is 21.9. The molecule has 0 heterocycles. The summed E-state index contributed by atoms with van der Waals surface area (Å²) < 4.78 is 8.99. The smallest absolute Gasteiger partial charge is 0.305 e. The highest BCUT2D eigenvalue weighted by atomic mass is 16.5. The van der Waals surface area contributed by atoms with Crippen LogP contribution in [0.5, 0.6) is 0 Å². The number of nitrogens with zero attached hydrogens (tertiary/aromatic N) is 4. The molecule has 0 amide bonds. The number of rotatable bonds is 10. The molecule has 0 fully saturated rings. The van der Waals surface area contributed by atoms with E-state index in [4.69, 9.17) is 10.5 Å². The Morgan fingerprint density at radius 3 is 1.55 bits per heavy atom. The second-order valence-corrected chi connectivity index (χ2v) is 4.46. The van der Waals surface area contributed by atoms with Gasteiger partial charge in [0, 0.05) is 12.8 Å². The third-order valence-electron chi connectivity index (χ3n) is 2.82. The minimum absolute atomic E-state index is 0.213. The highest BCUT2D eigenvalue weighted by Crippen LogP contribution is 2.09. The summed E-state index contributed by atoms with van der Waals surface area (Å²) in [6.07, 6.45) is 2.09. The minimum Gasteiger partial charge on any atom is -0.469 e. The van der Waals surface area contributed by atoms with E-state index in [0.29, 0.717) is 25.7 Å². The van der Waals surface area contributed by atoms with Crippen LogP contribution in [0.15, 0.2) is 10.2 Å². The van der Waals surface area contributed by atoms with Gasteiger partial charge in [0.1, 0.15) is 0 Å². The van der Waals surface area contributed by atoms with Crippen LogP contribution in [0, 0.1) is 22.7 Å². The maximum Gasteiger partial charge on any atom is 0.305 e. The summed E-state index contributed by atoms with van der Waals surface area (Å²) in [7, 11) is 2.60. The van der Waals surface area contributed by atoms with Gasteiger partial charge >= 0.3 is 11.9 Å². The molecule has 22 heavy (non-hydrogen) atoms. The Morgan fingerprint density at radius 1 is 0.909 bits per heavy atom. The fourth-order valence-electron chi connectivity index (χ4n) is 1.54. The average molecular weight is 308 g/mol. The van der Waals surface area contributed by atoms with E-state index < -0.39 is 12.1 Å². The number of carbonyl (C=O) groups excluding carboxylic acids is 2. The molecule has 0 rings (SSSR count). The van der Waals surface area contributed by atoms with Crippen molar-refractivity contribution in [2.24, 2.45) is 10.2 Å². The van der Waals surface area contributed by atoms with Gasteiger partial charge in [-0.25, -0.2) is 0 Å². The van der Waals surface area contributed by atoms with Gasteiger partial charge in [-0.15, -0.1) is 0 Å². The van der Waals surface area contributed by atoms with Gasteiger partial charge in [0.05, 0.1) is 26.4 Å². The largest absolute Gasteiger partial charge is 0.469 e. The molecule has 0 radical (unpaired) electrons. The number of azo groups is 1. The Bertz CT molecular complexity index is 422. The lowest BCUT2D eigenvalue weighted by molar-refractivity contribution is -0.141. The SMILES string of the molecule is COC(=O)CCCC(C#N)N=NC(C#N)CCCC(=O)OC. The van der Waals surface area contributed by atoms with Gasteiger partial charge in [0.2, 0.25) is 0 Å². The van der Waals surface area contributed by atoms with Crippen molar-refractivity contribution in [2.75, 3.05) is 14.2 Å². The first kappa shape index (κ1) is 19.5. The van der Waals surface area contributed by atoms with E-state index in [0.717, 1.165) is 0 Å². The zero-order valence-corrected chi connectivity index (χ0v) is 12.8. The van der Waals surface area contributed by atoms with Gasteiger partial charge in [-0.05, 0) is 25.7 Å². The fourth-order valence-corrected chi connectivity index (χ4v) is 1.54. The first-order chi connectivity index (χ1) is 10.6.